The van der Waals surface area contributed by atoms with Crippen LogP contribution in [-0.2, 0) is 9.53 Å². The van der Waals surface area contributed by atoms with Gasteiger partial charge in [0.1, 0.15) is 5.60 Å². The number of rotatable bonds is 1. The van der Waals surface area contributed by atoms with Crippen molar-refractivity contribution in [2.75, 3.05) is 6.54 Å². The maximum atomic E-state index is 13.3. The average Bonchev–Trinajstić information content (AvgIpc) is 2.34. The zero-order valence-corrected chi connectivity index (χ0v) is 10.8. The molecule has 104 valence electrons. The molecule has 0 N–H and O–H groups in total. The fraction of sp³-hybridized carbons (Fsp3) is 0.818. The fourth-order valence-corrected chi connectivity index (χ4v) is 1.83. The number of carbonyl (C=O) groups is 2. The molecule has 7 heteroatoms. The predicted molar refractivity (Wildman–Crippen MR) is 55.9 cm³/mol. The molecule has 1 atom stereocenters. The average molecular weight is 264 g/mol. The van der Waals surface area contributed by atoms with Crippen molar-refractivity contribution in [1.29, 1.82) is 0 Å². The number of halogens is 2. The molecule has 0 unspecified atom stereocenters. The Kier molecular flexibility index (Phi) is 3.31. The van der Waals surface area contributed by atoms with Crippen molar-refractivity contribution in [3.63, 3.8) is 0 Å². The van der Waals surface area contributed by atoms with Crippen LogP contribution < -0.4 is 5.11 Å². The van der Waals surface area contributed by atoms with Gasteiger partial charge in [-0.2, -0.15) is 0 Å². The summed E-state index contributed by atoms with van der Waals surface area (Å²) in [5.74, 6) is -4.98. The van der Waals surface area contributed by atoms with Gasteiger partial charge in [-0.3, -0.25) is 4.90 Å². The van der Waals surface area contributed by atoms with Crippen molar-refractivity contribution >= 4 is 12.1 Å². The maximum Gasteiger partial charge on any atom is 0.411 e. The van der Waals surface area contributed by atoms with E-state index in [0.717, 1.165) is 6.92 Å². The number of alkyl halides is 2. The highest BCUT2D eigenvalue weighted by atomic mass is 19.3. The second kappa shape index (κ2) is 4.07. The second-order valence-corrected chi connectivity index (χ2v) is 5.66. The molecule has 1 rings (SSSR count). The molecule has 1 aliphatic rings. The van der Waals surface area contributed by atoms with Crippen LogP contribution in [-0.4, -0.2) is 40.6 Å². The largest absolute Gasteiger partial charge is 0.548 e. The number of carbonyl (C=O) groups excluding carboxylic acids is 2. The zero-order valence-electron chi connectivity index (χ0n) is 10.8. The number of hydrogen-bond donors (Lipinski definition) is 0. The van der Waals surface area contributed by atoms with Gasteiger partial charge in [-0.1, -0.05) is 0 Å². The molecule has 0 aromatic heterocycles. The standard InChI is InChI=1S/C11H17F2NO4/c1-9(2,3)18-8(17)14-6-11(12,13)5-10(14,4)7(15)16/h5-6H2,1-4H3,(H,15,16)/p-1/t10-/m1/s1. The smallest absolute Gasteiger partial charge is 0.411 e. The highest BCUT2D eigenvalue weighted by Crippen LogP contribution is 2.39. The van der Waals surface area contributed by atoms with Crippen molar-refractivity contribution in [2.45, 2.75) is 51.2 Å². The van der Waals surface area contributed by atoms with E-state index in [2.05, 4.69) is 0 Å². The normalized spacial score (nSPS) is 27.1. The lowest BCUT2D eigenvalue weighted by molar-refractivity contribution is -0.317. The minimum Gasteiger partial charge on any atom is -0.548 e. The Morgan fingerprint density at radius 3 is 2.22 bits per heavy atom. The van der Waals surface area contributed by atoms with Crippen LogP contribution in [0.1, 0.15) is 34.1 Å². The van der Waals surface area contributed by atoms with E-state index in [-0.39, 0.29) is 0 Å². The molecular formula is C11H16F2NO4-. The molecule has 1 fully saturated rings. The highest BCUT2D eigenvalue weighted by molar-refractivity contribution is 5.83. The Bertz CT molecular complexity index is 378. The Morgan fingerprint density at radius 2 is 1.83 bits per heavy atom. The monoisotopic (exact) mass is 264 g/mol. The van der Waals surface area contributed by atoms with Gasteiger partial charge in [0.2, 0.25) is 0 Å². The van der Waals surface area contributed by atoms with Crippen LogP contribution in [0, 0.1) is 0 Å². The Morgan fingerprint density at radius 1 is 1.33 bits per heavy atom. The molecule has 0 radical (unpaired) electrons. The quantitative estimate of drug-likeness (QED) is 0.701. The van der Waals surface area contributed by atoms with E-state index in [4.69, 9.17) is 4.74 Å². The number of carboxylic acids is 1. The molecule has 0 aromatic rings. The molecule has 0 saturated carbocycles. The molecule has 5 nitrogen and oxygen atoms in total. The summed E-state index contributed by atoms with van der Waals surface area (Å²) in [6, 6.07) is 0. The number of amides is 1. The van der Waals surface area contributed by atoms with Crippen molar-refractivity contribution in [3.05, 3.63) is 0 Å². The van der Waals surface area contributed by atoms with E-state index >= 15 is 0 Å². The van der Waals surface area contributed by atoms with Crippen molar-refractivity contribution in [3.8, 4) is 0 Å². The van der Waals surface area contributed by atoms with Crippen LogP contribution in [0.5, 0.6) is 0 Å². The molecule has 0 bridgehead atoms. The molecule has 1 aliphatic heterocycles. The molecular weight excluding hydrogens is 248 g/mol. The molecule has 0 spiro atoms. The summed E-state index contributed by atoms with van der Waals surface area (Å²) < 4.78 is 31.5. The van der Waals surface area contributed by atoms with E-state index in [1.54, 1.807) is 20.8 Å². The van der Waals surface area contributed by atoms with Crippen molar-refractivity contribution in [1.82, 2.24) is 4.90 Å². The molecule has 1 amide bonds. The first-order chi connectivity index (χ1) is 7.87. The maximum absolute atomic E-state index is 13.3. The van der Waals surface area contributed by atoms with Crippen LogP contribution >= 0.6 is 0 Å². The Hall–Kier alpha value is -1.40. The number of likely N-dealkylation sites (tertiary alicyclic amines) is 1. The van der Waals surface area contributed by atoms with Gasteiger partial charge in [-0.05, 0) is 27.7 Å². The lowest BCUT2D eigenvalue weighted by atomic mass is 9.98. The van der Waals surface area contributed by atoms with Gasteiger partial charge < -0.3 is 14.6 Å². The molecule has 1 heterocycles. The number of aliphatic carboxylic acids is 1. The second-order valence-electron chi connectivity index (χ2n) is 5.66. The minimum absolute atomic E-state index is 0.521. The third-order valence-electron chi connectivity index (χ3n) is 2.64. The summed E-state index contributed by atoms with van der Waals surface area (Å²) in [5.41, 5.74) is -2.94. The number of ether oxygens (including phenoxy) is 1. The summed E-state index contributed by atoms with van der Waals surface area (Å²) in [5, 5.41) is 11.0. The van der Waals surface area contributed by atoms with Crippen LogP contribution in [0.25, 0.3) is 0 Å². The fourth-order valence-electron chi connectivity index (χ4n) is 1.83. The third-order valence-corrected chi connectivity index (χ3v) is 2.64. The SMILES string of the molecule is CC(C)(C)OC(=O)N1CC(F)(F)C[C@]1(C)C(=O)[O-]. The number of hydrogen-bond acceptors (Lipinski definition) is 4. The van der Waals surface area contributed by atoms with E-state index in [9.17, 15) is 23.5 Å². The highest BCUT2D eigenvalue weighted by Gasteiger charge is 2.56. The zero-order chi connectivity index (χ0) is 14.4. The van der Waals surface area contributed by atoms with E-state index in [1.807, 2.05) is 0 Å². The van der Waals surface area contributed by atoms with Gasteiger partial charge >= 0.3 is 6.09 Å². The van der Waals surface area contributed by atoms with Crippen LogP contribution in [0.2, 0.25) is 0 Å². The van der Waals surface area contributed by atoms with Gasteiger partial charge in [-0.15, -0.1) is 0 Å². The first kappa shape index (κ1) is 14.7. The van der Waals surface area contributed by atoms with Gasteiger partial charge in [0.15, 0.2) is 0 Å². The van der Waals surface area contributed by atoms with Gasteiger partial charge in [0.25, 0.3) is 5.92 Å². The first-order valence-electron chi connectivity index (χ1n) is 5.47. The minimum atomic E-state index is -3.26. The summed E-state index contributed by atoms with van der Waals surface area (Å²) in [6.45, 7) is 4.75. The lowest BCUT2D eigenvalue weighted by Gasteiger charge is -2.36. The Balaban J connectivity index is 2.99. The number of carboxylic acid groups (broad SMARTS) is 1. The summed E-state index contributed by atoms with van der Waals surface area (Å²) in [4.78, 5) is 23.3. The van der Waals surface area contributed by atoms with Crippen LogP contribution in [0.3, 0.4) is 0 Å². The van der Waals surface area contributed by atoms with Crippen molar-refractivity contribution < 1.29 is 28.2 Å². The summed E-state index contributed by atoms with van der Waals surface area (Å²) in [7, 11) is 0. The van der Waals surface area contributed by atoms with Crippen LogP contribution in [0.15, 0.2) is 0 Å². The van der Waals surface area contributed by atoms with Crippen molar-refractivity contribution in [2.24, 2.45) is 0 Å². The lowest BCUT2D eigenvalue weighted by Crippen LogP contribution is -2.57. The summed E-state index contributed by atoms with van der Waals surface area (Å²) in [6.07, 6.45) is -2.05. The third kappa shape index (κ3) is 2.88. The van der Waals surface area contributed by atoms with Gasteiger partial charge in [0, 0.05) is 6.42 Å². The topological polar surface area (TPSA) is 69.7 Å². The van der Waals surface area contributed by atoms with Gasteiger partial charge in [-0.25, -0.2) is 13.6 Å². The Labute approximate surface area is 104 Å². The van der Waals surface area contributed by atoms with E-state index in [0.29, 0.717) is 4.90 Å². The molecule has 0 aliphatic carbocycles. The number of nitrogens with zero attached hydrogens (tertiary/aromatic N) is 1. The summed E-state index contributed by atoms with van der Waals surface area (Å²) >= 11 is 0. The van der Waals surface area contributed by atoms with Gasteiger partial charge in [0.05, 0.1) is 18.1 Å². The van der Waals surface area contributed by atoms with E-state index in [1.165, 1.54) is 0 Å². The molecule has 0 aromatic carbocycles. The molecule has 18 heavy (non-hydrogen) atoms. The van der Waals surface area contributed by atoms with E-state index < -0.39 is 42.1 Å². The van der Waals surface area contributed by atoms with Crippen LogP contribution in [0.4, 0.5) is 13.6 Å². The first-order valence-corrected chi connectivity index (χ1v) is 5.47. The molecule has 1 saturated heterocycles. The predicted octanol–water partition coefficient (Wildman–Crippen LogP) is 0.771.